The summed E-state index contributed by atoms with van der Waals surface area (Å²) in [6, 6.07) is 1.71. The standard InChI is InChI=1S/C14H18N6O3/c1-13(2)7(3-8(22)14(13,4-15)5-21)20-6-17-9-10(20)18-12(16)19-11(9)23/h6-8,21-22H,3,5H2,1-2H3,(H3,16,18,19,23)/t7-,8-,14+/m0/s1. The molecule has 0 radical (unpaired) electrons. The number of nitrogen functional groups attached to an aromatic ring is 1. The average molecular weight is 318 g/mol. The quantitative estimate of drug-likeness (QED) is 0.584. The van der Waals surface area contributed by atoms with E-state index in [9.17, 15) is 20.3 Å². The molecule has 23 heavy (non-hydrogen) atoms. The third kappa shape index (κ3) is 1.82. The van der Waals surface area contributed by atoms with Gasteiger partial charge in [0.25, 0.3) is 5.56 Å². The number of hydrogen-bond donors (Lipinski definition) is 4. The number of aromatic amines is 1. The van der Waals surface area contributed by atoms with Crippen LogP contribution in [-0.4, -0.2) is 42.4 Å². The zero-order valence-corrected chi connectivity index (χ0v) is 12.8. The van der Waals surface area contributed by atoms with Crippen LogP contribution in [0.25, 0.3) is 11.2 Å². The van der Waals surface area contributed by atoms with Crippen LogP contribution in [0.1, 0.15) is 26.3 Å². The molecule has 0 saturated heterocycles. The summed E-state index contributed by atoms with van der Waals surface area (Å²) in [6.07, 6.45) is 0.686. The van der Waals surface area contributed by atoms with E-state index in [1.807, 2.05) is 0 Å². The fourth-order valence-electron chi connectivity index (χ4n) is 3.63. The first-order chi connectivity index (χ1) is 10.8. The first-order valence-electron chi connectivity index (χ1n) is 7.21. The molecule has 0 aromatic carbocycles. The summed E-state index contributed by atoms with van der Waals surface area (Å²) in [5.74, 6) is -0.0330. The second-order valence-electron chi connectivity index (χ2n) is 6.51. The zero-order valence-electron chi connectivity index (χ0n) is 12.8. The molecule has 2 heterocycles. The summed E-state index contributed by atoms with van der Waals surface area (Å²) in [7, 11) is 0. The van der Waals surface area contributed by atoms with Crippen molar-refractivity contribution in [2.24, 2.45) is 10.8 Å². The normalized spacial score (nSPS) is 29.7. The highest BCUT2D eigenvalue weighted by Gasteiger charge is 2.61. The molecule has 0 amide bonds. The summed E-state index contributed by atoms with van der Waals surface area (Å²) in [5, 5.41) is 29.7. The van der Waals surface area contributed by atoms with Gasteiger partial charge in [-0.05, 0) is 6.42 Å². The Balaban J connectivity index is 2.21. The van der Waals surface area contributed by atoms with Gasteiger partial charge in [0.1, 0.15) is 5.41 Å². The first kappa shape index (κ1) is 15.5. The van der Waals surface area contributed by atoms with E-state index in [4.69, 9.17) is 5.73 Å². The fraction of sp³-hybridized carbons (Fsp3) is 0.571. The predicted molar refractivity (Wildman–Crippen MR) is 81.1 cm³/mol. The van der Waals surface area contributed by atoms with Crippen molar-refractivity contribution in [3.63, 3.8) is 0 Å². The Morgan fingerprint density at radius 2 is 2.30 bits per heavy atom. The minimum atomic E-state index is -1.30. The number of hydrogen-bond acceptors (Lipinski definition) is 7. The number of anilines is 1. The lowest BCUT2D eigenvalue weighted by Gasteiger charge is -2.39. The highest BCUT2D eigenvalue weighted by atomic mass is 16.3. The van der Waals surface area contributed by atoms with Crippen LogP contribution in [0.4, 0.5) is 5.95 Å². The Hall–Kier alpha value is -2.44. The van der Waals surface area contributed by atoms with Crippen LogP contribution in [0, 0.1) is 22.2 Å². The van der Waals surface area contributed by atoms with Crippen molar-refractivity contribution in [3.8, 4) is 6.07 Å². The van der Waals surface area contributed by atoms with Crippen molar-refractivity contribution < 1.29 is 10.2 Å². The maximum absolute atomic E-state index is 11.9. The third-order valence-electron chi connectivity index (χ3n) is 5.23. The van der Waals surface area contributed by atoms with E-state index in [1.54, 1.807) is 18.4 Å². The van der Waals surface area contributed by atoms with E-state index >= 15 is 0 Å². The zero-order chi connectivity index (χ0) is 17.0. The Morgan fingerprint density at radius 1 is 1.61 bits per heavy atom. The third-order valence-corrected chi connectivity index (χ3v) is 5.23. The molecule has 2 aromatic heterocycles. The van der Waals surface area contributed by atoms with Gasteiger partial charge in [0.2, 0.25) is 5.95 Å². The molecule has 3 rings (SSSR count). The molecule has 9 nitrogen and oxygen atoms in total. The van der Waals surface area contributed by atoms with Crippen molar-refractivity contribution in [1.29, 1.82) is 5.26 Å². The smallest absolute Gasteiger partial charge is 0.280 e. The van der Waals surface area contributed by atoms with E-state index < -0.39 is 29.1 Å². The van der Waals surface area contributed by atoms with Gasteiger partial charge in [-0.1, -0.05) is 13.8 Å². The second kappa shape index (κ2) is 4.78. The SMILES string of the molecule is CC1(C)[C@@H](n2cnc3c(=O)[nH]c(N)nc32)C[C@H](O)[C@@]1(C#N)CO. The number of rotatable bonds is 2. The number of imidazole rings is 1. The number of aliphatic hydroxyl groups is 2. The first-order valence-corrected chi connectivity index (χ1v) is 7.21. The van der Waals surface area contributed by atoms with Crippen molar-refractivity contribution in [2.45, 2.75) is 32.4 Å². The van der Waals surface area contributed by atoms with Crippen molar-refractivity contribution in [1.82, 2.24) is 19.5 Å². The Bertz CT molecular complexity index is 864. The topological polar surface area (TPSA) is 154 Å². The molecule has 2 aromatic rings. The number of nitrogens with two attached hydrogens (primary N) is 1. The summed E-state index contributed by atoms with van der Waals surface area (Å²) < 4.78 is 1.65. The van der Waals surface area contributed by atoms with Crippen LogP contribution in [0.5, 0.6) is 0 Å². The van der Waals surface area contributed by atoms with Crippen LogP contribution in [-0.2, 0) is 0 Å². The number of aromatic nitrogens is 4. The van der Waals surface area contributed by atoms with Crippen LogP contribution >= 0.6 is 0 Å². The molecule has 1 aliphatic rings. The van der Waals surface area contributed by atoms with Crippen molar-refractivity contribution >= 4 is 17.1 Å². The van der Waals surface area contributed by atoms with Crippen LogP contribution in [0.3, 0.4) is 0 Å². The molecule has 122 valence electrons. The summed E-state index contributed by atoms with van der Waals surface area (Å²) in [6.45, 7) is 3.14. The average Bonchev–Trinajstić information content (AvgIpc) is 2.97. The Morgan fingerprint density at radius 3 is 2.87 bits per heavy atom. The molecular weight excluding hydrogens is 300 g/mol. The van der Waals surface area contributed by atoms with Gasteiger partial charge >= 0.3 is 0 Å². The lowest BCUT2D eigenvalue weighted by Crippen LogP contribution is -2.44. The molecule has 9 heteroatoms. The van der Waals surface area contributed by atoms with Gasteiger partial charge in [0.05, 0.1) is 25.1 Å². The maximum Gasteiger partial charge on any atom is 0.280 e. The van der Waals surface area contributed by atoms with Gasteiger partial charge < -0.3 is 20.5 Å². The molecular formula is C14H18N6O3. The van der Waals surface area contributed by atoms with Gasteiger partial charge in [0.15, 0.2) is 11.2 Å². The lowest BCUT2D eigenvalue weighted by molar-refractivity contribution is -0.0136. The molecule has 0 aliphatic heterocycles. The molecule has 1 fully saturated rings. The number of aliphatic hydroxyl groups excluding tert-OH is 2. The number of nitrogens with one attached hydrogen (secondary N) is 1. The summed E-state index contributed by atoms with van der Waals surface area (Å²) >= 11 is 0. The number of nitrogens with zero attached hydrogens (tertiary/aromatic N) is 4. The van der Waals surface area contributed by atoms with Gasteiger partial charge in [-0.15, -0.1) is 0 Å². The van der Waals surface area contributed by atoms with E-state index in [0.29, 0.717) is 5.65 Å². The van der Waals surface area contributed by atoms with Gasteiger partial charge in [0, 0.05) is 11.5 Å². The Labute approximate surface area is 131 Å². The highest BCUT2D eigenvalue weighted by molar-refractivity contribution is 5.70. The molecule has 3 atom stereocenters. The van der Waals surface area contributed by atoms with E-state index in [-0.39, 0.29) is 23.9 Å². The number of nitriles is 1. The van der Waals surface area contributed by atoms with Gasteiger partial charge in [-0.3, -0.25) is 9.78 Å². The maximum atomic E-state index is 11.9. The Kier molecular flexibility index (Phi) is 3.21. The van der Waals surface area contributed by atoms with Gasteiger partial charge in [-0.2, -0.15) is 10.2 Å². The molecule has 1 aliphatic carbocycles. The number of fused-ring (bicyclic) bond motifs is 1. The molecule has 5 N–H and O–H groups in total. The highest BCUT2D eigenvalue weighted by Crippen LogP contribution is 2.58. The van der Waals surface area contributed by atoms with E-state index in [2.05, 4.69) is 21.0 Å². The fourth-order valence-corrected chi connectivity index (χ4v) is 3.63. The van der Waals surface area contributed by atoms with E-state index in [0.717, 1.165) is 0 Å². The molecule has 0 bridgehead atoms. The molecule has 0 spiro atoms. The van der Waals surface area contributed by atoms with Crippen LogP contribution in [0.2, 0.25) is 0 Å². The molecule has 1 saturated carbocycles. The lowest BCUT2D eigenvalue weighted by atomic mass is 9.67. The molecule has 0 unspecified atom stereocenters. The predicted octanol–water partition coefficient (Wildman–Crippen LogP) is -0.464. The second-order valence-corrected chi connectivity index (χ2v) is 6.51. The monoisotopic (exact) mass is 318 g/mol. The van der Waals surface area contributed by atoms with Crippen molar-refractivity contribution in [2.75, 3.05) is 12.3 Å². The van der Waals surface area contributed by atoms with Crippen molar-refractivity contribution in [3.05, 3.63) is 16.7 Å². The summed E-state index contributed by atoms with van der Waals surface area (Å²) in [5.41, 5.74) is 3.51. The minimum absolute atomic E-state index is 0.0330. The summed E-state index contributed by atoms with van der Waals surface area (Å²) in [4.78, 5) is 22.5. The number of H-pyrrole nitrogens is 1. The van der Waals surface area contributed by atoms with E-state index in [1.165, 1.54) is 6.33 Å². The largest absolute Gasteiger partial charge is 0.395 e. The minimum Gasteiger partial charge on any atom is -0.395 e. The van der Waals surface area contributed by atoms with Crippen LogP contribution in [0.15, 0.2) is 11.1 Å². The van der Waals surface area contributed by atoms with Gasteiger partial charge in [-0.25, -0.2) is 4.98 Å². The van der Waals surface area contributed by atoms with Crippen LogP contribution < -0.4 is 11.3 Å².